The Morgan fingerprint density at radius 3 is 2.82 bits per heavy atom. The first-order valence-corrected chi connectivity index (χ1v) is 5.56. The summed E-state index contributed by atoms with van der Waals surface area (Å²) in [6, 6.07) is 9.82. The highest BCUT2D eigenvalue weighted by atomic mass is 79.9. The third-order valence-electron chi connectivity index (χ3n) is 2.08. The number of rotatable bonds is 2. The number of aromatic nitrogens is 1. The Balaban J connectivity index is 2.28. The van der Waals surface area contributed by atoms with Crippen LogP contribution < -0.4 is 5.32 Å². The lowest BCUT2D eigenvalue weighted by Crippen LogP contribution is -1.96. The monoisotopic (exact) mass is 291 g/mol. The lowest BCUT2D eigenvalue weighted by atomic mass is 10.2. The standard InChI is InChI=1S/C12H7BrFN3/c13-9-1-2-11(10(14)6-9)17-12-5-8(7-15)3-4-16-12/h1-6H,(H,16,17). The van der Waals surface area contributed by atoms with E-state index in [1.807, 2.05) is 6.07 Å². The number of hydrogen-bond donors (Lipinski definition) is 1. The molecule has 0 unspecified atom stereocenters. The van der Waals surface area contributed by atoms with Gasteiger partial charge in [0.15, 0.2) is 0 Å². The molecule has 0 saturated heterocycles. The molecular formula is C12H7BrFN3. The van der Waals surface area contributed by atoms with Gasteiger partial charge in [0.1, 0.15) is 11.6 Å². The van der Waals surface area contributed by atoms with Crippen molar-refractivity contribution in [2.75, 3.05) is 5.32 Å². The SMILES string of the molecule is N#Cc1ccnc(Nc2ccc(Br)cc2F)c1. The maximum atomic E-state index is 13.5. The third-order valence-corrected chi connectivity index (χ3v) is 2.58. The maximum absolute atomic E-state index is 13.5. The molecule has 17 heavy (non-hydrogen) atoms. The molecule has 0 amide bonds. The number of halogens is 2. The van der Waals surface area contributed by atoms with Crippen molar-refractivity contribution >= 4 is 27.4 Å². The van der Waals surface area contributed by atoms with Gasteiger partial charge >= 0.3 is 0 Å². The van der Waals surface area contributed by atoms with Crippen molar-refractivity contribution in [1.29, 1.82) is 5.26 Å². The third kappa shape index (κ3) is 2.80. The van der Waals surface area contributed by atoms with E-state index in [1.54, 1.807) is 24.3 Å². The summed E-state index contributed by atoms with van der Waals surface area (Å²) in [6.07, 6.45) is 1.50. The largest absolute Gasteiger partial charge is 0.338 e. The molecule has 0 bridgehead atoms. The molecule has 0 aliphatic carbocycles. The molecule has 2 aromatic rings. The Bertz CT molecular complexity index is 593. The quantitative estimate of drug-likeness (QED) is 0.920. The minimum atomic E-state index is -0.386. The second-order valence-corrected chi connectivity index (χ2v) is 4.21. The first-order chi connectivity index (χ1) is 8.19. The first kappa shape index (κ1) is 11.6. The highest BCUT2D eigenvalue weighted by Crippen LogP contribution is 2.22. The Morgan fingerprint density at radius 1 is 1.29 bits per heavy atom. The summed E-state index contributed by atoms with van der Waals surface area (Å²) < 4.78 is 14.2. The summed E-state index contributed by atoms with van der Waals surface area (Å²) in [5.41, 5.74) is 0.788. The van der Waals surface area contributed by atoms with Gasteiger partial charge in [-0.1, -0.05) is 15.9 Å². The van der Waals surface area contributed by atoms with E-state index in [0.29, 0.717) is 21.5 Å². The second kappa shape index (κ2) is 4.93. The summed E-state index contributed by atoms with van der Waals surface area (Å²) in [4.78, 5) is 4.01. The highest BCUT2D eigenvalue weighted by molar-refractivity contribution is 9.10. The molecule has 84 valence electrons. The number of hydrogen-bond acceptors (Lipinski definition) is 3. The van der Waals surface area contributed by atoms with Gasteiger partial charge in [-0.05, 0) is 30.3 Å². The van der Waals surface area contributed by atoms with Crippen LogP contribution in [0.3, 0.4) is 0 Å². The lowest BCUT2D eigenvalue weighted by molar-refractivity contribution is 0.631. The van der Waals surface area contributed by atoms with Crippen molar-refractivity contribution in [3.05, 3.63) is 52.4 Å². The first-order valence-electron chi connectivity index (χ1n) is 4.77. The van der Waals surface area contributed by atoms with Crippen LogP contribution in [-0.4, -0.2) is 4.98 Å². The van der Waals surface area contributed by atoms with E-state index >= 15 is 0 Å². The fourth-order valence-electron chi connectivity index (χ4n) is 1.30. The van der Waals surface area contributed by atoms with Crippen molar-refractivity contribution < 1.29 is 4.39 Å². The van der Waals surface area contributed by atoms with Gasteiger partial charge < -0.3 is 5.32 Å². The molecule has 0 radical (unpaired) electrons. The van der Waals surface area contributed by atoms with Crippen molar-refractivity contribution in [3.63, 3.8) is 0 Å². The van der Waals surface area contributed by atoms with Gasteiger partial charge in [-0.3, -0.25) is 0 Å². The Kier molecular flexibility index (Phi) is 3.35. The minimum absolute atomic E-state index is 0.316. The average Bonchev–Trinajstić information content (AvgIpc) is 2.33. The normalized spacial score (nSPS) is 9.71. The molecule has 3 nitrogen and oxygen atoms in total. The Morgan fingerprint density at radius 2 is 2.12 bits per heavy atom. The molecule has 1 N–H and O–H groups in total. The fourth-order valence-corrected chi connectivity index (χ4v) is 1.63. The zero-order chi connectivity index (χ0) is 12.3. The lowest BCUT2D eigenvalue weighted by Gasteiger charge is -2.06. The van der Waals surface area contributed by atoms with E-state index < -0.39 is 0 Å². The minimum Gasteiger partial charge on any atom is -0.338 e. The summed E-state index contributed by atoms with van der Waals surface area (Å²) in [6.45, 7) is 0. The van der Waals surface area contributed by atoms with E-state index in [4.69, 9.17) is 5.26 Å². The van der Waals surface area contributed by atoms with Gasteiger partial charge in [-0.2, -0.15) is 5.26 Å². The average molecular weight is 292 g/mol. The van der Waals surface area contributed by atoms with E-state index in [0.717, 1.165) is 0 Å². The number of nitrogens with one attached hydrogen (secondary N) is 1. The van der Waals surface area contributed by atoms with Gasteiger partial charge in [-0.15, -0.1) is 0 Å². The number of nitrogens with zero attached hydrogens (tertiary/aromatic N) is 2. The van der Waals surface area contributed by atoms with Crippen LogP contribution in [0.25, 0.3) is 0 Å². The molecular weight excluding hydrogens is 285 g/mol. The molecule has 5 heteroatoms. The van der Waals surface area contributed by atoms with Crippen LogP contribution in [0.5, 0.6) is 0 Å². The summed E-state index contributed by atoms with van der Waals surface area (Å²) >= 11 is 3.18. The van der Waals surface area contributed by atoms with Gasteiger partial charge in [0.2, 0.25) is 0 Å². The van der Waals surface area contributed by atoms with Crippen LogP contribution in [0.4, 0.5) is 15.9 Å². The van der Waals surface area contributed by atoms with E-state index in [2.05, 4.69) is 26.2 Å². The molecule has 0 aliphatic heterocycles. The summed E-state index contributed by atoms with van der Waals surface area (Å²) in [5, 5.41) is 11.5. The van der Waals surface area contributed by atoms with Gasteiger partial charge in [0, 0.05) is 10.7 Å². The predicted molar refractivity (Wildman–Crippen MR) is 66.3 cm³/mol. The fraction of sp³-hybridized carbons (Fsp3) is 0. The van der Waals surface area contributed by atoms with Crippen LogP contribution in [0, 0.1) is 17.1 Å². The summed E-state index contributed by atoms with van der Waals surface area (Å²) in [5.74, 6) is 0.0498. The summed E-state index contributed by atoms with van der Waals surface area (Å²) in [7, 11) is 0. The molecule has 0 atom stereocenters. The molecule has 1 aromatic carbocycles. The Labute approximate surface area is 106 Å². The van der Waals surface area contributed by atoms with Gasteiger partial charge in [0.25, 0.3) is 0 Å². The maximum Gasteiger partial charge on any atom is 0.147 e. The predicted octanol–water partition coefficient (Wildman–Crippen LogP) is 3.60. The zero-order valence-electron chi connectivity index (χ0n) is 8.61. The van der Waals surface area contributed by atoms with E-state index in [9.17, 15) is 4.39 Å². The van der Waals surface area contributed by atoms with Crippen LogP contribution in [0.1, 0.15) is 5.56 Å². The zero-order valence-corrected chi connectivity index (χ0v) is 10.2. The molecule has 0 saturated carbocycles. The smallest absolute Gasteiger partial charge is 0.147 e. The van der Waals surface area contributed by atoms with Crippen LogP contribution in [-0.2, 0) is 0 Å². The van der Waals surface area contributed by atoms with Gasteiger partial charge in [-0.25, -0.2) is 9.37 Å². The highest BCUT2D eigenvalue weighted by Gasteiger charge is 2.04. The molecule has 0 fully saturated rings. The van der Waals surface area contributed by atoms with Crippen LogP contribution in [0.2, 0.25) is 0 Å². The van der Waals surface area contributed by atoms with Crippen LogP contribution in [0.15, 0.2) is 41.0 Å². The number of anilines is 2. The number of nitriles is 1. The molecule has 1 heterocycles. The van der Waals surface area contributed by atoms with Crippen molar-refractivity contribution in [3.8, 4) is 6.07 Å². The van der Waals surface area contributed by atoms with Crippen molar-refractivity contribution in [2.45, 2.75) is 0 Å². The molecule has 1 aromatic heterocycles. The topological polar surface area (TPSA) is 48.7 Å². The van der Waals surface area contributed by atoms with E-state index in [1.165, 1.54) is 12.3 Å². The molecule has 2 rings (SSSR count). The molecule has 0 spiro atoms. The van der Waals surface area contributed by atoms with E-state index in [-0.39, 0.29) is 5.82 Å². The van der Waals surface area contributed by atoms with Crippen molar-refractivity contribution in [1.82, 2.24) is 4.98 Å². The van der Waals surface area contributed by atoms with Crippen molar-refractivity contribution in [2.24, 2.45) is 0 Å². The second-order valence-electron chi connectivity index (χ2n) is 3.29. The number of pyridine rings is 1. The van der Waals surface area contributed by atoms with Gasteiger partial charge in [0.05, 0.1) is 17.3 Å². The van der Waals surface area contributed by atoms with Crippen LogP contribution >= 0.6 is 15.9 Å². The molecule has 0 aliphatic rings. The Hall–Kier alpha value is -1.93. The number of benzene rings is 1.